The first-order valence-electron chi connectivity index (χ1n) is 6.03. The van der Waals surface area contributed by atoms with Gasteiger partial charge in [0, 0.05) is 6.07 Å². The Balaban J connectivity index is 2.13. The summed E-state index contributed by atoms with van der Waals surface area (Å²) < 4.78 is 32.2. The van der Waals surface area contributed by atoms with E-state index >= 15 is 0 Å². The van der Waals surface area contributed by atoms with Gasteiger partial charge in [0.2, 0.25) is 11.8 Å². The number of hydrogen-bond acceptors (Lipinski definition) is 5. The number of nitrogen functional groups attached to an aromatic ring is 1. The van der Waals surface area contributed by atoms with Crippen LogP contribution in [-0.4, -0.2) is 9.97 Å². The summed E-state index contributed by atoms with van der Waals surface area (Å²) in [5.41, 5.74) is 2.86. The van der Waals surface area contributed by atoms with E-state index in [-0.39, 0.29) is 17.6 Å². The molecule has 0 aliphatic rings. The summed E-state index contributed by atoms with van der Waals surface area (Å²) in [6.45, 7) is 0. The smallest absolute Gasteiger partial charge is 0.241 e. The van der Waals surface area contributed by atoms with Crippen LogP contribution in [0.25, 0.3) is 10.9 Å². The first-order valence-corrected chi connectivity index (χ1v) is 6.03. The molecule has 3 rings (SSSR count). The summed E-state index contributed by atoms with van der Waals surface area (Å²) in [6.07, 6.45) is 0. The number of aromatic nitrogens is 2. The zero-order valence-corrected chi connectivity index (χ0v) is 10.7. The predicted molar refractivity (Wildman–Crippen MR) is 73.8 cm³/mol. The van der Waals surface area contributed by atoms with Gasteiger partial charge in [-0.2, -0.15) is 4.98 Å². The molecule has 1 aromatic heterocycles. The highest BCUT2D eigenvalue weighted by Gasteiger charge is 2.12. The number of nitrogens with zero attached hydrogens (tertiary/aromatic N) is 2. The maximum atomic E-state index is 13.7. The first kappa shape index (κ1) is 13.2. The van der Waals surface area contributed by atoms with Crippen molar-refractivity contribution in [2.24, 2.45) is 5.84 Å². The van der Waals surface area contributed by atoms with E-state index in [0.29, 0.717) is 10.9 Å². The lowest BCUT2D eigenvalue weighted by molar-refractivity contribution is 0.427. The molecule has 0 atom stereocenters. The summed E-state index contributed by atoms with van der Waals surface area (Å²) in [5.74, 6) is 3.92. The molecule has 0 bridgehead atoms. The van der Waals surface area contributed by atoms with E-state index in [0.717, 1.165) is 18.2 Å². The molecule has 1 heterocycles. The largest absolute Gasteiger partial charge is 0.435 e. The van der Waals surface area contributed by atoms with Gasteiger partial charge in [-0.05, 0) is 24.3 Å². The molecular weight excluding hydrogens is 278 g/mol. The summed E-state index contributed by atoms with van der Waals surface area (Å²) in [5, 5.41) is 0.556. The second kappa shape index (κ2) is 5.29. The van der Waals surface area contributed by atoms with Gasteiger partial charge in [-0.25, -0.2) is 19.6 Å². The Morgan fingerprint density at radius 2 is 1.86 bits per heavy atom. The number of anilines is 1. The van der Waals surface area contributed by atoms with E-state index in [9.17, 15) is 8.78 Å². The molecule has 0 unspecified atom stereocenters. The molecule has 0 spiro atoms. The predicted octanol–water partition coefficient (Wildman–Crippen LogP) is 2.99. The van der Waals surface area contributed by atoms with Crippen molar-refractivity contribution < 1.29 is 13.5 Å². The Bertz CT molecular complexity index is 810. The molecule has 5 nitrogen and oxygen atoms in total. The van der Waals surface area contributed by atoms with Crippen molar-refractivity contribution in [1.82, 2.24) is 9.97 Å². The molecule has 7 heteroatoms. The van der Waals surface area contributed by atoms with Crippen molar-refractivity contribution in [1.29, 1.82) is 0 Å². The number of benzene rings is 2. The SMILES string of the molecule is NNc1nc(Oc2cc(F)ccc2F)c2ccccc2n1. The molecule has 21 heavy (non-hydrogen) atoms. The summed E-state index contributed by atoms with van der Waals surface area (Å²) >= 11 is 0. The minimum atomic E-state index is -0.693. The molecule has 0 radical (unpaired) electrons. The zero-order valence-electron chi connectivity index (χ0n) is 10.7. The number of hydrogen-bond donors (Lipinski definition) is 2. The molecule has 0 saturated heterocycles. The van der Waals surface area contributed by atoms with Crippen LogP contribution in [-0.2, 0) is 0 Å². The van der Waals surface area contributed by atoms with Gasteiger partial charge in [0.05, 0.1) is 10.9 Å². The molecule has 2 aromatic carbocycles. The topological polar surface area (TPSA) is 73.1 Å². The second-order valence-corrected chi connectivity index (χ2v) is 4.19. The molecule has 106 valence electrons. The number of rotatable bonds is 3. The molecule has 0 aliphatic carbocycles. The van der Waals surface area contributed by atoms with Gasteiger partial charge < -0.3 is 4.74 Å². The van der Waals surface area contributed by atoms with Gasteiger partial charge in [-0.3, -0.25) is 5.43 Å². The molecule has 0 fully saturated rings. The van der Waals surface area contributed by atoms with Crippen molar-refractivity contribution in [3.05, 3.63) is 54.1 Å². The highest BCUT2D eigenvalue weighted by atomic mass is 19.1. The Morgan fingerprint density at radius 3 is 2.67 bits per heavy atom. The number of nitrogens with one attached hydrogen (secondary N) is 1. The molecule has 0 saturated carbocycles. The zero-order chi connectivity index (χ0) is 14.8. The van der Waals surface area contributed by atoms with Crippen molar-refractivity contribution in [2.75, 3.05) is 5.43 Å². The normalized spacial score (nSPS) is 10.6. The summed E-state index contributed by atoms with van der Waals surface area (Å²) in [7, 11) is 0. The number of para-hydroxylation sites is 1. The van der Waals surface area contributed by atoms with Crippen LogP contribution in [0.1, 0.15) is 0 Å². The maximum absolute atomic E-state index is 13.7. The van der Waals surface area contributed by atoms with Crippen molar-refractivity contribution in [3.63, 3.8) is 0 Å². The van der Waals surface area contributed by atoms with Crippen LogP contribution in [0.15, 0.2) is 42.5 Å². The van der Waals surface area contributed by atoms with Crippen molar-refractivity contribution in [3.8, 4) is 11.6 Å². The molecule has 0 amide bonds. The summed E-state index contributed by atoms with van der Waals surface area (Å²) in [6, 6.07) is 9.91. The fourth-order valence-electron chi connectivity index (χ4n) is 1.85. The fraction of sp³-hybridized carbons (Fsp3) is 0. The van der Waals surface area contributed by atoms with Gasteiger partial charge >= 0.3 is 0 Å². The Labute approximate surface area is 118 Å². The van der Waals surface area contributed by atoms with Gasteiger partial charge in [0.25, 0.3) is 0 Å². The van der Waals surface area contributed by atoms with E-state index in [1.807, 2.05) is 0 Å². The number of halogens is 2. The van der Waals surface area contributed by atoms with Crippen molar-refractivity contribution in [2.45, 2.75) is 0 Å². The van der Waals surface area contributed by atoms with Gasteiger partial charge in [-0.1, -0.05) is 12.1 Å². The quantitative estimate of drug-likeness (QED) is 0.572. The second-order valence-electron chi connectivity index (χ2n) is 4.19. The van der Waals surface area contributed by atoms with Crippen LogP contribution in [0.2, 0.25) is 0 Å². The maximum Gasteiger partial charge on any atom is 0.241 e. The minimum absolute atomic E-state index is 0.0815. The third-order valence-corrected chi connectivity index (χ3v) is 2.80. The van der Waals surface area contributed by atoms with Crippen LogP contribution in [0.5, 0.6) is 11.6 Å². The molecule has 3 aromatic rings. The van der Waals surface area contributed by atoms with E-state index in [4.69, 9.17) is 10.6 Å². The Hall–Kier alpha value is -2.80. The van der Waals surface area contributed by atoms with E-state index in [2.05, 4.69) is 15.4 Å². The lowest BCUT2D eigenvalue weighted by atomic mass is 10.2. The third kappa shape index (κ3) is 2.59. The average Bonchev–Trinajstić information content (AvgIpc) is 2.50. The summed E-state index contributed by atoms with van der Waals surface area (Å²) in [4.78, 5) is 8.17. The van der Waals surface area contributed by atoms with Crippen LogP contribution < -0.4 is 16.0 Å². The number of fused-ring (bicyclic) bond motifs is 1. The standard InChI is InChI=1S/C14H10F2N4O/c15-8-5-6-10(16)12(7-8)21-13-9-3-1-2-4-11(9)18-14(19-13)20-17/h1-7H,17H2,(H,18,19,20). The van der Waals surface area contributed by atoms with Crippen molar-refractivity contribution >= 4 is 16.9 Å². The highest BCUT2D eigenvalue weighted by molar-refractivity contribution is 5.84. The van der Waals surface area contributed by atoms with Gasteiger partial charge in [0.1, 0.15) is 5.82 Å². The van der Waals surface area contributed by atoms with Gasteiger partial charge in [0.15, 0.2) is 11.6 Å². The number of nitrogens with two attached hydrogens (primary N) is 1. The van der Waals surface area contributed by atoms with Crippen LogP contribution in [0.3, 0.4) is 0 Å². The van der Waals surface area contributed by atoms with Gasteiger partial charge in [-0.15, -0.1) is 0 Å². The van der Waals surface area contributed by atoms with Crippen LogP contribution in [0, 0.1) is 11.6 Å². The first-order chi connectivity index (χ1) is 10.2. The monoisotopic (exact) mass is 288 g/mol. The third-order valence-electron chi connectivity index (χ3n) is 2.80. The van der Waals surface area contributed by atoms with Crippen LogP contribution in [0.4, 0.5) is 14.7 Å². The van der Waals surface area contributed by atoms with Crippen LogP contribution >= 0.6 is 0 Å². The number of ether oxygens (including phenoxy) is 1. The highest BCUT2D eigenvalue weighted by Crippen LogP contribution is 2.30. The molecular formula is C14H10F2N4O. The van der Waals surface area contributed by atoms with E-state index < -0.39 is 11.6 Å². The lowest BCUT2D eigenvalue weighted by Crippen LogP contribution is -2.11. The number of hydrazine groups is 1. The molecule has 0 aliphatic heterocycles. The Kier molecular flexibility index (Phi) is 3.33. The Morgan fingerprint density at radius 1 is 1.05 bits per heavy atom. The molecule has 3 N–H and O–H groups in total. The lowest BCUT2D eigenvalue weighted by Gasteiger charge is -2.10. The van der Waals surface area contributed by atoms with E-state index in [1.54, 1.807) is 24.3 Å². The fourth-order valence-corrected chi connectivity index (χ4v) is 1.85. The van der Waals surface area contributed by atoms with E-state index in [1.165, 1.54) is 0 Å². The average molecular weight is 288 g/mol. The minimum Gasteiger partial charge on any atom is -0.435 e.